The normalized spacial score (nSPS) is 21.9. The fraction of sp³-hybridized carbons (Fsp3) is 0.350. The van der Waals surface area contributed by atoms with Crippen LogP contribution >= 0.6 is 11.3 Å². The highest BCUT2D eigenvalue weighted by atomic mass is 32.1. The molecular weight excluding hydrogens is 350 g/mol. The number of carbonyl (C=O) groups is 1. The standard InChI is InChI=1S/C20H21NO4S/c22-12-14-3-5-15(6-4-14)13-24-19-11-16(18-2-1-9-26-18)10-17(25-19)20(23)21-7-8-21/h1-6,9-10,16,19,22H,7-8,11-13H2/t16-,19+/m1/s1. The molecule has 1 aromatic heterocycles. The monoisotopic (exact) mass is 371 g/mol. The highest BCUT2D eigenvalue weighted by molar-refractivity contribution is 7.10. The lowest BCUT2D eigenvalue weighted by Gasteiger charge is -2.28. The predicted octanol–water partition coefficient (Wildman–Crippen LogP) is 3.01. The average molecular weight is 371 g/mol. The summed E-state index contributed by atoms with van der Waals surface area (Å²) >= 11 is 1.68. The Morgan fingerprint density at radius 1 is 1.23 bits per heavy atom. The molecule has 2 aliphatic heterocycles. The molecule has 0 aliphatic carbocycles. The number of hydrogen-bond acceptors (Lipinski definition) is 5. The van der Waals surface area contributed by atoms with E-state index in [-0.39, 0.29) is 18.4 Å². The summed E-state index contributed by atoms with van der Waals surface area (Å²) in [4.78, 5) is 15.4. The average Bonchev–Trinajstić information content (AvgIpc) is 3.39. The Labute approximate surface area is 156 Å². The number of aliphatic hydroxyl groups is 1. The maximum absolute atomic E-state index is 12.4. The predicted molar refractivity (Wildman–Crippen MR) is 98.4 cm³/mol. The summed E-state index contributed by atoms with van der Waals surface area (Å²) < 4.78 is 11.8. The smallest absolute Gasteiger partial charge is 0.288 e. The first-order chi connectivity index (χ1) is 12.7. The molecule has 0 spiro atoms. The lowest BCUT2D eigenvalue weighted by Crippen LogP contribution is -2.29. The Morgan fingerprint density at radius 3 is 2.65 bits per heavy atom. The molecule has 0 saturated carbocycles. The Kier molecular flexibility index (Phi) is 5.06. The minimum Gasteiger partial charge on any atom is -0.459 e. The van der Waals surface area contributed by atoms with Crippen LogP contribution in [0.25, 0.3) is 0 Å². The molecule has 0 bridgehead atoms. The van der Waals surface area contributed by atoms with Gasteiger partial charge in [-0.2, -0.15) is 0 Å². The lowest BCUT2D eigenvalue weighted by atomic mass is 9.99. The van der Waals surface area contributed by atoms with Crippen LogP contribution in [0.4, 0.5) is 0 Å². The van der Waals surface area contributed by atoms with Crippen LogP contribution in [0.1, 0.15) is 28.3 Å². The lowest BCUT2D eigenvalue weighted by molar-refractivity contribution is -0.152. The highest BCUT2D eigenvalue weighted by Gasteiger charge is 2.34. The second kappa shape index (κ2) is 7.61. The van der Waals surface area contributed by atoms with Gasteiger partial charge < -0.3 is 19.5 Å². The third-order valence-electron chi connectivity index (χ3n) is 4.55. The van der Waals surface area contributed by atoms with E-state index in [1.165, 1.54) is 4.88 Å². The van der Waals surface area contributed by atoms with E-state index in [0.29, 0.717) is 18.8 Å². The summed E-state index contributed by atoms with van der Waals surface area (Å²) in [5.74, 6) is 0.476. The fourth-order valence-electron chi connectivity index (χ4n) is 2.95. The van der Waals surface area contributed by atoms with Crippen molar-refractivity contribution in [3.05, 3.63) is 69.6 Å². The Hall–Kier alpha value is -2.15. The summed E-state index contributed by atoms with van der Waals surface area (Å²) in [6, 6.07) is 11.7. The van der Waals surface area contributed by atoms with Crippen LogP contribution in [0.5, 0.6) is 0 Å². The molecule has 1 aromatic carbocycles. The highest BCUT2D eigenvalue weighted by Crippen LogP contribution is 2.35. The van der Waals surface area contributed by atoms with Gasteiger partial charge in [-0.15, -0.1) is 11.3 Å². The van der Waals surface area contributed by atoms with E-state index in [1.54, 1.807) is 16.2 Å². The van der Waals surface area contributed by atoms with Gasteiger partial charge in [0.1, 0.15) is 0 Å². The largest absolute Gasteiger partial charge is 0.459 e. The Bertz CT molecular complexity index is 781. The Balaban J connectivity index is 1.45. The van der Waals surface area contributed by atoms with E-state index in [2.05, 4.69) is 6.07 Å². The summed E-state index contributed by atoms with van der Waals surface area (Å²) in [6.07, 6.45) is 2.16. The molecular formula is C20H21NO4S. The Morgan fingerprint density at radius 2 is 2.00 bits per heavy atom. The summed E-state index contributed by atoms with van der Waals surface area (Å²) in [6.45, 7) is 2.03. The van der Waals surface area contributed by atoms with Gasteiger partial charge in [0.2, 0.25) is 6.29 Å². The van der Waals surface area contributed by atoms with Gasteiger partial charge in [-0.1, -0.05) is 30.3 Å². The maximum Gasteiger partial charge on any atom is 0.288 e. The van der Waals surface area contributed by atoms with Crippen molar-refractivity contribution in [1.29, 1.82) is 0 Å². The zero-order chi connectivity index (χ0) is 17.9. The van der Waals surface area contributed by atoms with Gasteiger partial charge in [-0.05, 0) is 28.6 Å². The third-order valence-corrected chi connectivity index (χ3v) is 5.56. The molecule has 0 unspecified atom stereocenters. The SMILES string of the molecule is O=C(C1=C[C@@H](c2cccs2)C[C@@H](OCc2ccc(CO)cc2)O1)N1CC1. The van der Waals surface area contributed by atoms with Crippen molar-refractivity contribution in [2.75, 3.05) is 13.1 Å². The van der Waals surface area contributed by atoms with Gasteiger partial charge in [-0.25, -0.2) is 0 Å². The van der Waals surface area contributed by atoms with Gasteiger partial charge in [0.05, 0.1) is 13.2 Å². The van der Waals surface area contributed by atoms with Crippen LogP contribution in [0.15, 0.2) is 53.6 Å². The molecule has 2 atom stereocenters. The summed E-state index contributed by atoms with van der Waals surface area (Å²) in [5, 5.41) is 11.2. The number of carbonyl (C=O) groups excluding carboxylic acids is 1. The van der Waals surface area contributed by atoms with Crippen molar-refractivity contribution < 1.29 is 19.4 Å². The van der Waals surface area contributed by atoms with Gasteiger partial charge in [0.25, 0.3) is 5.91 Å². The van der Waals surface area contributed by atoms with E-state index in [4.69, 9.17) is 14.6 Å². The summed E-state index contributed by atoms with van der Waals surface area (Å²) in [7, 11) is 0. The molecule has 0 radical (unpaired) electrons. The van der Waals surface area contributed by atoms with E-state index in [0.717, 1.165) is 24.2 Å². The second-order valence-corrected chi connectivity index (χ2v) is 7.49. The number of allylic oxidation sites excluding steroid dienone is 1. The molecule has 2 aromatic rings. The van der Waals surface area contributed by atoms with E-state index >= 15 is 0 Å². The molecule has 26 heavy (non-hydrogen) atoms. The number of rotatable bonds is 6. The first-order valence-electron chi connectivity index (χ1n) is 8.74. The van der Waals surface area contributed by atoms with E-state index in [9.17, 15) is 4.79 Å². The number of benzene rings is 1. The van der Waals surface area contributed by atoms with Crippen LogP contribution in [0, 0.1) is 0 Å². The number of thiophene rings is 1. The van der Waals surface area contributed by atoms with Gasteiger partial charge in [-0.3, -0.25) is 4.79 Å². The summed E-state index contributed by atoms with van der Waals surface area (Å²) in [5.41, 5.74) is 1.88. The number of hydrogen-bond donors (Lipinski definition) is 1. The number of aliphatic hydroxyl groups excluding tert-OH is 1. The molecule has 4 rings (SSSR count). The van der Waals surface area contributed by atoms with Gasteiger partial charge in [0, 0.05) is 30.3 Å². The molecule has 136 valence electrons. The molecule has 6 heteroatoms. The van der Waals surface area contributed by atoms with Crippen LogP contribution in [-0.4, -0.2) is 35.3 Å². The second-order valence-electron chi connectivity index (χ2n) is 6.51. The van der Waals surface area contributed by atoms with Crippen molar-refractivity contribution in [3.63, 3.8) is 0 Å². The number of ether oxygens (including phenoxy) is 2. The van der Waals surface area contributed by atoms with Gasteiger partial charge >= 0.3 is 0 Å². The minimum absolute atomic E-state index is 0.0299. The molecule has 3 heterocycles. The quantitative estimate of drug-likeness (QED) is 0.793. The van der Waals surface area contributed by atoms with Crippen molar-refractivity contribution >= 4 is 17.2 Å². The van der Waals surface area contributed by atoms with Crippen LogP contribution in [0.3, 0.4) is 0 Å². The molecule has 1 fully saturated rings. The number of amides is 1. The topological polar surface area (TPSA) is 58.8 Å². The first-order valence-corrected chi connectivity index (χ1v) is 9.62. The van der Waals surface area contributed by atoms with Crippen LogP contribution in [0.2, 0.25) is 0 Å². The molecule has 5 nitrogen and oxygen atoms in total. The molecule has 1 amide bonds. The molecule has 1 N–H and O–H groups in total. The molecule has 2 aliphatic rings. The van der Waals surface area contributed by atoms with Crippen molar-refractivity contribution in [3.8, 4) is 0 Å². The van der Waals surface area contributed by atoms with Crippen molar-refractivity contribution in [2.45, 2.75) is 31.8 Å². The zero-order valence-electron chi connectivity index (χ0n) is 14.3. The third kappa shape index (κ3) is 3.98. The molecule has 1 saturated heterocycles. The van der Waals surface area contributed by atoms with E-state index < -0.39 is 6.29 Å². The van der Waals surface area contributed by atoms with Crippen molar-refractivity contribution in [1.82, 2.24) is 4.90 Å². The first kappa shape index (κ1) is 17.3. The van der Waals surface area contributed by atoms with E-state index in [1.807, 2.05) is 41.8 Å². The number of nitrogens with zero attached hydrogens (tertiary/aromatic N) is 1. The van der Waals surface area contributed by atoms with Crippen LogP contribution < -0.4 is 0 Å². The van der Waals surface area contributed by atoms with Crippen molar-refractivity contribution in [2.24, 2.45) is 0 Å². The van der Waals surface area contributed by atoms with Gasteiger partial charge in [0.15, 0.2) is 5.76 Å². The minimum atomic E-state index is -0.455. The zero-order valence-corrected chi connectivity index (χ0v) is 15.2. The fourth-order valence-corrected chi connectivity index (χ4v) is 3.76. The van der Waals surface area contributed by atoms with Crippen LogP contribution in [-0.2, 0) is 27.5 Å². The maximum atomic E-state index is 12.4.